The molecular formula is C29H32ClNO2. The molecule has 0 saturated carbocycles. The molecule has 2 aliphatic rings. The molecule has 0 unspecified atom stereocenters. The lowest BCUT2D eigenvalue weighted by molar-refractivity contribution is 0.173. The first-order valence-corrected chi connectivity index (χ1v) is 12.4. The fourth-order valence-corrected chi connectivity index (χ4v) is 5.82. The largest absolute Gasteiger partial charge is 0.487 e. The lowest BCUT2D eigenvalue weighted by Crippen LogP contribution is -2.27. The van der Waals surface area contributed by atoms with Gasteiger partial charge in [0.05, 0.1) is 11.1 Å². The summed E-state index contributed by atoms with van der Waals surface area (Å²) in [6.07, 6.45) is 3.85. The van der Waals surface area contributed by atoms with Gasteiger partial charge in [-0.25, -0.2) is 0 Å². The number of β-amino-alcohol motifs (C(OH)–C–C–N with tert-alkyl or cyclic N) is 1. The maximum Gasteiger partial charge on any atom is 0.141 e. The van der Waals surface area contributed by atoms with E-state index in [1.165, 1.54) is 38.9 Å². The number of halogens is 1. The summed E-state index contributed by atoms with van der Waals surface area (Å²) >= 11 is 6.80. The molecule has 3 nitrogen and oxygen atoms in total. The van der Waals surface area contributed by atoms with E-state index in [4.69, 9.17) is 16.3 Å². The second-order valence-corrected chi connectivity index (χ2v) is 9.98. The number of aliphatic hydroxyl groups excluding tert-OH is 1. The Balaban J connectivity index is 1.39. The van der Waals surface area contributed by atoms with E-state index in [2.05, 4.69) is 67.3 Å². The van der Waals surface area contributed by atoms with E-state index < -0.39 is 0 Å². The summed E-state index contributed by atoms with van der Waals surface area (Å²) < 4.78 is 6.42. The van der Waals surface area contributed by atoms with E-state index in [0.717, 1.165) is 44.5 Å². The van der Waals surface area contributed by atoms with Gasteiger partial charge >= 0.3 is 0 Å². The molecule has 172 valence electrons. The van der Waals surface area contributed by atoms with Crippen molar-refractivity contribution in [2.75, 3.05) is 6.54 Å². The van der Waals surface area contributed by atoms with Crippen molar-refractivity contribution in [3.8, 4) is 16.9 Å². The molecule has 1 fully saturated rings. The van der Waals surface area contributed by atoms with E-state index in [-0.39, 0.29) is 6.10 Å². The third kappa shape index (κ3) is 4.55. The van der Waals surface area contributed by atoms with Crippen molar-refractivity contribution in [2.24, 2.45) is 0 Å². The highest BCUT2D eigenvalue weighted by Gasteiger charge is 2.30. The highest BCUT2D eigenvalue weighted by molar-refractivity contribution is 6.32. The summed E-state index contributed by atoms with van der Waals surface area (Å²) in [5.41, 5.74) is 8.87. The molecule has 1 heterocycles. The highest BCUT2D eigenvalue weighted by atomic mass is 35.5. The number of aliphatic hydroxyl groups is 1. The van der Waals surface area contributed by atoms with Crippen LogP contribution in [-0.4, -0.2) is 28.7 Å². The van der Waals surface area contributed by atoms with Gasteiger partial charge in [-0.15, -0.1) is 0 Å². The summed E-state index contributed by atoms with van der Waals surface area (Å²) in [7, 11) is 0. The molecule has 5 rings (SSSR count). The van der Waals surface area contributed by atoms with Crippen LogP contribution in [0.1, 0.15) is 47.6 Å². The van der Waals surface area contributed by atoms with Crippen LogP contribution in [-0.2, 0) is 26.0 Å². The molecule has 3 aromatic rings. The van der Waals surface area contributed by atoms with Crippen molar-refractivity contribution in [1.82, 2.24) is 4.90 Å². The van der Waals surface area contributed by atoms with Crippen LogP contribution in [0.15, 0.2) is 54.6 Å². The Morgan fingerprint density at radius 2 is 1.82 bits per heavy atom. The van der Waals surface area contributed by atoms with Crippen molar-refractivity contribution < 1.29 is 9.84 Å². The predicted molar refractivity (Wildman–Crippen MR) is 135 cm³/mol. The second-order valence-electron chi connectivity index (χ2n) is 9.57. The van der Waals surface area contributed by atoms with Crippen LogP contribution in [0.4, 0.5) is 0 Å². The summed E-state index contributed by atoms with van der Waals surface area (Å²) in [4.78, 5) is 2.37. The smallest absolute Gasteiger partial charge is 0.141 e. The molecule has 0 amide bonds. The summed E-state index contributed by atoms with van der Waals surface area (Å²) in [6.45, 7) is 6.46. The number of nitrogens with zero attached hydrogens (tertiary/aromatic N) is 1. The second kappa shape index (κ2) is 9.50. The van der Waals surface area contributed by atoms with Gasteiger partial charge in [0.1, 0.15) is 12.4 Å². The van der Waals surface area contributed by atoms with Gasteiger partial charge in [-0.2, -0.15) is 0 Å². The van der Waals surface area contributed by atoms with Crippen molar-refractivity contribution in [1.29, 1.82) is 0 Å². The lowest BCUT2D eigenvalue weighted by atomic mass is 9.97. The van der Waals surface area contributed by atoms with Crippen LogP contribution in [0.5, 0.6) is 5.75 Å². The number of fused-ring (bicyclic) bond motifs is 1. The average molecular weight is 462 g/mol. The van der Waals surface area contributed by atoms with Crippen LogP contribution in [0.25, 0.3) is 11.1 Å². The Morgan fingerprint density at radius 1 is 1.03 bits per heavy atom. The molecule has 2 atom stereocenters. The molecule has 0 radical (unpaired) electrons. The molecule has 1 aliphatic carbocycles. The molecule has 0 aromatic heterocycles. The third-order valence-electron chi connectivity index (χ3n) is 7.36. The zero-order valence-corrected chi connectivity index (χ0v) is 20.2. The SMILES string of the molecule is Cc1c(COc2c(Cl)cc(CN3C[C@H](O)C[C@H]3C)c3c2CCC3)cccc1-c1ccccc1. The van der Waals surface area contributed by atoms with Crippen LogP contribution in [0.2, 0.25) is 5.02 Å². The van der Waals surface area contributed by atoms with Gasteiger partial charge in [-0.1, -0.05) is 60.1 Å². The van der Waals surface area contributed by atoms with E-state index >= 15 is 0 Å². The van der Waals surface area contributed by atoms with E-state index in [9.17, 15) is 5.11 Å². The minimum atomic E-state index is -0.221. The standard InChI is InChI=1S/C29H32ClNO2/c1-19-14-24(32)17-31(19)16-23-15-28(30)29(27-13-7-12-26(23)27)33-18-22-10-6-11-25(20(22)2)21-8-4-3-5-9-21/h3-6,8-11,15,19,24,32H,7,12-14,16-18H2,1-2H3/t19-,24-/m1/s1. The molecule has 0 bridgehead atoms. The quantitative estimate of drug-likeness (QED) is 0.465. The fraction of sp³-hybridized carbons (Fsp3) is 0.379. The van der Waals surface area contributed by atoms with E-state index in [0.29, 0.717) is 17.7 Å². The summed E-state index contributed by atoms with van der Waals surface area (Å²) in [6, 6.07) is 19.4. The first-order chi connectivity index (χ1) is 16.0. The molecule has 0 spiro atoms. The zero-order chi connectivity index (χ0) is 22.9. The molecule has 1 saturated heterocycles. The van der Waals surface area contributed by atoms with Gasteiger partial charge in [-0.05, 0) is 84.5 Å². The van der Waals surface area contributed by atoms with Gasteiger partial charge in [0.25, 0.3) is 0 Å². The Morgan fingerprint density at radius 3 is 2.58 bits per heavy atom. The minimum absolute atomic E-state index is 0.221. The van der Waals surface area contributed by atoms with Crippen molar-refractivity contribution in [3.63, 3.8) is 0 Å². The van der Waals surface area contributed by atoms with Gasteiger partial charge in [0.2, 0.25) is 0 Å². The van der Waals surface area contributed by atoms with Crippen LogP contribution in [0, 0.1) is 6.92 Å². The van der Waals surface area contributed by atoms with Crippen molar-refractivity contribution >= 4 is 11.6 Å². The molecule has 33 heavy (non-hydrogen) atoms. The Labute approximate surface area is 202 Å². The molecule has 1 aliphatic heterocycles. The van der Waals surface area contributed by atoms with Gasteiger partial charge in [0.15, 0.2) is 0 Å². The zero-order valence-electron chi connectivity index (χ0n) is 19.5. The Hall–Kier alpha value is -2.33. The predicted octanol–water partition coefficient (Wildman–Crippen LogP) is 6.34. The van der Waals surface area contributed by atoms with Crippen LogP contribution >= 0.6 is 11.6 Å². The van der Waals surface area contributed by atoms with Crippen LogP contribution in [0.3, 0.4) is 0 Å². The molecule has 1 N–H and O–H groups in total. The number of benzene rings is 3. The van der Waals surface area contributed by atoms with E-state index in [1.807, 2.05) is 6.07 Å². The fourth-order valence-electron chi connectivity index (χ4n) is 5.52. The van der Waals surface area contributed by atoms with E-state index in [1.54, 1.807) is 0 Å². The molecular weight excluding hydrogens is 430 g/mol. The lowest BCUT2D eigenvalue weighted by Gasteiger charge is -2.24. The molecule has 4 heteroatoms. The maximum absolute atomic E-state index is 10.0. The topological polar surface area (TPSA) is 32.7 Å². The van der Waals surface area contributed by atoms with Crippen LogP contribution < -0.4 is 4.74 Å². The van der Waals surface area contributed by atoms with Crippen molar-refractivity contribution in [2.45, 2.75) is 64.8 Å². The normalized spacial score (nSPS) is 20.2. The maximum atomic E-state index is 10.0. The van der Waals surface area contributed by atoms with Gasteiger partial charge in [-0.3, -0.25) is 4.90 Å². The van der Waals surface area contributed by atoms with Gasteiger partial charge < -0.3 is 9.84 Å². The Bertz CT molecular complexity index is 1140. The number of hydrogen-bond donors (Lipinski definition) is 1. The summed E-state index contributed by atoms with van der Waals surface area (Å²) in [5.74, 6) is 0.854. The Kier molecular flexibility index (Phi) is 6.47. The number of ether oxygens (including phenoxy) is 1. The summed E-state index contributed by atoms with van der Waals surface area (Å²) in [5, 5.41) is 10.7. The van der Waals surface area contributed by atoms with Crippen molar-refractivity contribution in [3.05, 3.63) is 87.4 Å². The number of hydrogen-bond acceptors (Lipinski definition) is 3. The minimum Gasteiger partial charge on any atom is -0.487 e. The number of rotatable bonds is 6. The monoisotopic (exact) mass is 461 g/mol. The highest BCUT2D eigenvalue weighted by Crippen LogP contribution is 2.40. The first kappa shape index (κ1) is 22.5. The third-order valence-corrected chi connectivity index (χ3v) is 7.64. The number of likely N-dealkylation sites (tertiary alicyclic amines) is 1. The molecule has 3 aromatic carbocycles. The van der Waals surface area contributed by atoms with Gasteiger partial charge in [0, 0.05) is 19.1 Å². The first-order valence-electron chi connectivity index (χ1n) is 12.0. The average Bonchev–Trinajstić information content (AvgIpc) is 3.41.